The summed E-state index contributed by atoms with van der Waals surface area (Å²) in [5, 5.41) is 3.20. The van der Waals surface area contributed by atoms with Crippen molar-refractivity contribution in [2.75, 3.05) is 26.2 Å². The molecule has 2 heterocycles. The molecule has 3 rings (SSSR count). The number of amides is 1. The highest BCUT2D eigenvalue weighted by atomic mass is 35.5. The predicted molar refractivity (Wildman–Crippen MR) is 109 cm³/mol. The Morgan fingerprint density at radius 1 is 1.19 bits per heavy atom. The summed E-state index contributed by atoms with van der Waals surface area (Å²) in [5.74, 6) is 0.256. The van der Waals surface area contributed by atoms with Crippen LogP contribution in [0.3, 0.4) is 0 Å². The molecule has 1 aromatic carbocycles. The molecule has 0 aliphatic carbocycles. The number of rotatable bonds is 5. The van der Waals surface area contributed by atoms with Gasteiger partial charge in [0.2, 0.25) is 5.91 Å². The van der Waals surface area contributed by atoms with Crippen molar-refractivity contribution in [2.45, 2.75) is 26.4 Å². The van der Waals surface area contributed by atoms with Gasteiger partial charge in [-0.2, -0.15) is 0 Å². The van der Waals surface area contributed by atoms with E-state index in [-0.39, 0.29) is 24.2 Å². The maximum Gasteiger partial charge on any atom is 0.239 e. The summed E-state index contributed by atoms with van der Waals surface area (Å²) >= 11 is 1.68. The van der Waals surface area contributed by atoms with Crippen LogP contribution >= 0.6 is 23.7 Å². The van der Waals surface area contributed by atoms with Crippen LogP contribution in [0.5, 0.6) is 0 Å². The molecule has 0 unspecified atom stereocenters. The Morgan fingerprint density at radius 2 is 1.85 bits per heavy atom. The summed E-state index contributed by atoms with van der Waals surface area (Å²) in [6.07, 6.45) is 0. The Bertz CT molecular complexity index is 699. The molecule has 1 atom stereocenters. The molecule has 26 heavy (non-hydrogen) atoms. The van der Waals surface area contributed by atoms with Gasteiger partial charge in [-0.1, -0.05) is 44.2 Å². The van der Waals surface area contributed by atoms with E-state index in [2.05, 4.69) is 22.4 Å². The number of nitrogens with zero attached hydrogens (tertiary/aromatic N) is 3. The fourth-order valence-corrected chi connectivity index (χ4v) is 3.76. The van der Waals surface area contributed by atoms with Gasteiger partial charge in [0.15, 0.2) is 0 Å². The number of benzene rings is 1. The Hall–Kier alpha value is -1.47. The van der Waals surface area contributed by atoms with Crippen LogP contribution in [-0.4, -0.2) is 52.9 Å². The monoisotopic (exact) mass is 394 g/mol. The molecule has 0 bridgehead atoms. The molecule has 2 aromatic rings. The molecule has 1 aliphatic rings. The van der Waals surface area contributed by atoms with E-state index in [1.54, 1.807) is 11.3 Å². The van der Waals surface area contributed by atoms with Crippen LogP contribution in [0.15, 0.2) is 35.7 Å². The van der Waals surface area contributed by atoms with Gasteiger partial charge in [-0.25, -0.2) is 4.98 Å². The minimum Gasteiger partial charge on any atom is -0.339 e. The molecule has 1 saturated heterocycles. The molecule has 7 heteroatoms. The van der Waals surface area contributed by atoms with Crippen LogP contribution < -0.4 is 5.73 Å². The molecule has 2 N–H and O–H groups in total. The van der Waals surface area contributed by atoms with Gasteiger partial charge in [0, 0.05) is 43.7 Å². The molecule has 1 fully saturated rings. The van der Waals surface area contributed by atoms with E-state index in [4.69, 9.17) is 10.7 Å². The van der Waals surface area contributed by atoms with Gasteiger partial charge >= 0.3 is 0 Å². The third kappa shape index (κ3) is 5.04. The standard InChI is InChI=1S/C19H26N4OS.ClH/c1-14(2)17(20)19(24)23-10-8-22(9-11-23)12-16-13-25-18(21-16)15-6-4-3-5-7-15;/h3-7,13-14,17H,8-12,20H2,1-2H3;1H/t17-;/m0./s1. The number of carbonyl (C=O) groups is 1. The SMILES string of the molecule is CC(C)[C@H](N)C(=O)N1CCN(Cc2csc(-c3ccccc3)n2)CC1.Cl. The van der Waals surface area contributed by atoms with E-state index < -0.39 is 6.04 Å². The van der Waals surface area contributed by atoms with E-state index in [0.29, 0.717) is 0 Å². The molecule has 1 amide bonds. The number of hydrogen-bond acceptors (Lipinski definition) is 5. The van der Waals surface area contributed by atoms with E-state index in [1.807, 2.05) is 36.9 Å². The van der Waals surface area contributed by atoms with Crippen molar-refractivity contribution in [3.63, 3.8) is 0 Å². The second-order valence-corrected chi connectivity index (χ2v) is 7.74. The van der Waals surface area contributed by atoms with Gasteiger partial charge in [0.1, 0.15) is 5.01 Å². The lowest BCUT2D eigenvalue weighted by molar-refractivity contribution is -0.135. The smallest absolute Gasteiger partial charge is 0.239 e. The van der Waals surface area contributed by atoms with Gasteiger partial charge in [-0.3, -0.25) is 9.69 Å². The number of halogens is 1. The lowest BCUT2D eigenvalue weighted by Gasteiger charge is -2.36. The summed E-state index contributed by atoms with van der Waals surface area (Å²) in [6.45, 7) is 8.05. The summed E-state index contributed by atoms with van der Waals surface area (Å²) in [6, 6.07) is 9.88. The quantitative estimate of drug-likeness (QED) is 0.846. The first-order valence-electron chi connectivity index (χ1n) is 8.81. The molecule has 5 nitrogen and oxygen atoms in total. The Morgan fingerprint density at radius 3 is 2.46 bits per heavy atom. The summed E-state index contributed by atoms with van der Waals surface area (Å²) in [5.41, 5.74) is 8.26. The minimum absolute atomic E-state index is 0. The molecular formula is C19H27ClN4OS. The first kappa shape index (κ1) is 20.8. The average molecular weight is 395 g/mol. The summed E-state index contributed by atoms with van der Waals surface area (Å²) in [7, 11) is 0. The van der Waals surface area contributed by atoms with Gasteiger partial charge in [0.25, 0.3) is 0 Å². The van der Waals surface area contributed by atoms with Crippen molar-refractivity contribution in [3.8, 4) is 10.6 Å². The van der Waals surface area contributed by atoms with Crippen LogP contribution in [0.2, 0.25) is 0 Å². The van der Waals surface area contributed by atoms with Crippen LogP contribution in [0.1, 0.15) is 19.5 Å². The van der Waals surface area contributed by atoms with Crippen molar-refractivity contribution in [3.05, 3.63) is 41.4 Å². The second kappa shape index (κ2) is 9.46. The summed E-state index contributed by atoms with van der Waals surface area (Å²) < 4.78 is 0. The summed E-state index contributed by atoms with van der Waals surface area (Å²) in [4.78, 5) is 21.3. The van der Waals surface area contributed by atoms with Gasteiger partial charge < -0.3 is 10.6 Å². The van der Waals surface area contributed by atoms with Gasteiger partial charge in [-0.15, -0.1) is 23.7 Å². The molecule has 0 radical (unpaired) electrons. The van der Waals surface area contributed by atoms with Gasteiger partial charge in [0.05, 0.1) is 11.7 Å². The number of nitrogens with two attached hydrogens (primary N) is 1. The predicted octanol–water partition coefficient (Wildman–Crippen LogP) is 2.86. The molecule has 142 valence electrons. The minimum atomic E-state index is -0.390. The van der Waals surface area contributed by atoms with Crippen LogP contribution in [0.25, 0.3) is 10.6 Å². The van der Waals surface area contributed by atoms with Crippen molar-refractivity contribution >= 4 is 29.7 Å². The highest BCUT2D eigenvalue weighted by molar-refractivity contribution is 7.13. The third-order valence-corrected chi connectivity index (χ3v) is 5.59. The van der Waals surface area contributed by atoms with Crippen molar-refractivity contribution < 1.29 is 4.79 Å². The average Bonchev–Trinajstić information content (AvgIpc) is 3.10. The second-order valence-electron chi connectivity index (χ2n) is 6.88. The fourth-order valence-electron chi connectivity index (χ4n) is 2.94. The Labute approximate surface area is 165 Å². The molecular weight excluding hydrogens is 368 g/mol. The maximum atomic E-state index is 12.3. The van der Waals surface area contributed by atoms with E-state index >= 15 is 0 Å². The number of piperazine rings is 1. The number of thiazole rings is 1. The first-order chi connectivity index (χ1) is 12.0. The van der Waals surface area contributed by atoms with Crippen molar-refractivity contribution in [1.82, 2.24) is 14.8 Å². The van der Waals surface area contributed by atoms with E-state index in [1.165, 1.54) is 0 Å². The van der Waals surface area contributed by atoms with Gasteiger partial charge in [-0.05, 0) is 5.92 Å². The van der Waals surface area contributed by atoms with Crippen LogP contribution in [-0.2, 0) is 11.3 Å². The van der Waals surface area contributed by atoms with Crippen LogP contribution in [0, 0.1) is 5.92 Å². The zero-order chi connectivity index (χ0) is 17.8. The number of hydrogen-bond donors (Lipinski definition) is 1. The largest absolute Gasteiger partial charge is 0.339 e. The van der Waals surface area contributed by atoms with Crippen molar-refractivity contribution in [2.24, 2.45) is 11.7 Å². The highest BCUT2D eigenvalue weighted by Crippen LogP contribution is 2.24. The zero-order valence-corrected chi connectivity index (χ0v) is 16.9. The zero-order valence-electron chi connectivity index (χ0n) is 15.3. The lowest BCUT2D eigenvalue weighted by Crippen LogP contribution is -2.54. The van der Waals surface area contributed by atoms with Crippen LogP contribution in [0.4, 0.5) is 0 Å². The highest BCUT2D eigenvalue weighted by Gasteiger charge is 2.27. The molecule has 0 saturated carbocycles. The molecule has 1 aromatic heterocycles. The van der Waals surface area contributed by atoms with E-state index in [0.717, 1.165) is 49.0 Å². The molecule has 1 aliphatic heterocycles. The number of aromatic nitrogens is 1. The normalized spacial score (nSPS) is 16.4. The maximum absolute atomic E-state index is 12.3. The fraction of sp³-hybridized carbons (Fsp3) is 0.474. The number of carbonyl (C=O) groups excluding carboxylic acids is 1. The molecule has 0 spiro atoms. The lowest BCUT2D eigenvalue weighted by atomic mass is 10.0. The Kier molecular flexibility index (Phi) is 7.58. The first-order valence-corrected chi connectivity index (χ1v) is 9.69. The third-order valence-electron chi connectivity index (χ3n) is 4.65. The Balaban J connectivity index is 0.00000243. The van der Waals surface area contributed by atoms with Crippen molar-refractivity contribution in [1.29, 1.82) is 0 Å². The topological polar surface area (TPSA) is 62.5 Å². The van der Waals surface area contributed by atoms with E-state index in [9.17, 15) is 4.79 Å².